The fourth-order valence-corrected chi connectivity index (χ4v) is 3.96. The van der Waals surface area contributed by atoms with Gasteiger partial charge in [0, 0.05) is 19.6 Å². The minimum absolute atomic E-state index is 0. The normalized spacial score (nSPS) is 20.3. The highest BCUT2D eigenvalue weighted by atomic mass is 35.5. The first-order valence-electron chi connectivity index (χ1n) is 9.69. The number of β-amino-alcohol motifs (C(OH)–C–C–N with tert-alkyl or cyclic N) is 1. The number of nitrogens with zero attached hydrogens (tertiary/aromatic N) is 1. The van der Waals surface area contributed by atoms with Crippen LogP contribution < -0.4 is 4.74 Å². The third-order valence-corrected chi connectivity index (χ3v) is 5.35. The van der Waals surface area contributed by atoms with Crippen LogP contribution in [0.15, 0.2) is 42.5 Å². The van der Waals surface area contributed by atoms with Gasteiger partial charge in [-0.1, -0.05) is 18.2 Å². The molecule has 0 spiro atoms. The number of halogens is 2. The van der Waals surface area contributed by atoms with Crippen LogP contribution in [-0.2, 0) is 17.6 Å². The predicted molar refractivity (Wildman–Crippen MR) is 109 cm³/mol. The molecule has 2 aliphatic rings. The van der Waals surface area contributed by atoms with Crippen molar-refractivity contribution in [1.29, 1.82) is 0 Å². The van der Waals surface area contributed by atoms with Crippen molar-refractivity contribution in [3.63, 3.8) is 0 Å². The zero-order valence-corrected chi connectivity index (χ0v) is 16.7. The van der Waals surface area contributed by atoms with E-state index >= 15 is 0 Å². The molecule has 1 aliphatic heterocycles. The fourth-order valence-electron chi connectivity index (χ4n) is 3.96. The van der Waals surface area contributed by atoms with Gasteiger partial charge in [-0.25, -0.2) is 4.39 Å². The number of rotatable bonds is 6. The van der Waals surface area contributed by atoms with Crippen LogP contribution in [-0.4, -0.2) is 49.0 Å². The SMILES string of the molecule is Cl.OC(COc1ccc2c(c1)CCC2)CN1CCOC(c2cccc(F)c2)C1. The van der Waals surface area contributed by atoms with Crippen LogP contribution in [0.3, 0.4) is 0 Å². The summed E-state index contributed by atoms with van der Waals surface area (Å²) in [5.41, 5.74) is 3.62. The quantitative estimate of drug-likeness (QED) is 0.795. The van der Waals surface area contributed by atoms with Crippen LogP contribution in [0.25, 0.3) is 0 Å². The Morgan fingerprint density at radius 2 is 2.04 bits per heavy atom. The highest BCUT2D eigenvalue weighted by Gasteiger charge is 2.24. The minimum atomic E-state index is -0.579. The lowest BCUT2D eigenvalue weighted by Gasteiger charge is -2.34. The van der Waals surface area contributed by atoms with Gasteiger partial charge in [-0.3, -0.25) is 4.90 Å². The maximum Gasteiger partial charge on any atom is 0.123 e. The number of aryl methyl sites for hydroxylation is 2. The lowest BCUT2D eigenvalue weighted by Crippen LogP contribution is -2.43. The number of hydrogen-bond acceptors (Lipinski definition) is 4. The van der Waals surface area contributed by atoms with E-state index in [4.69, 9.17) is 9.47 Å². The molecule has 0 radical (unpaired) electrons. The number of morpholine rings is 1. The molecule has 1 fully saturated rings. The molecule has 1 N–H and O–H groups in total. The van der Waals surface area contributed by atoms with Crippen molar-refractivity contribution in [2.45, 2.75) is 31.5 Å². The molecule has 4 rings (SSSR count). The van der Waals surface area contributed by atoms with Gasteiger partial charge in [-0.2, -0.15) is 0 Å². The van der Waals surface area contributed by atoms with Crippen LogP contribution in [0, 0.1) is 5.82 Å². The Bertz CT molecular complexity index is 788. The maximum atomic E-state index is 13.4. The van der Waals surface area contributed by atoms with Gasteiger partial charge in [0.1, 0.15) is 24.3 Å². The predicted octanol–water partition coefficient (Wildman–Crippen LogP) is 3.55. The first-order chi connectivity index (χ1) is 13.2. The van der Waals surface area contributed by atoms with E-state index < -0.39 is 6.10 Å². The van der Waals surface area contributed by atoms with Crippen molar-refractivity contribution in [1.82, 2.24) is 4.90 Å². The Labute approximate surface area is 171 Å². The van der Waals surface area contributed by atoms with E-state index in [2.05, 4.69) is 17.0 Å². The summed E-state index contributed by atoms with van der Waals surface area (Å²) in [4.78, 5) is 2.15. The Morgan fingerprint density at radius 1 is 1.18 bits per heavy atom. The second kappa shape index (κ2) is 9.70. The molecule has 1 saturated heterocycles. The van der Waals surface area contributed by atoms with Crippen molar-refractivity contribution < 1.29 is 19.0 Å². The monoisotopic (exact) mass is 407 g/mol. The number of benzene rings is 2. The molecule has 152 valence electrons. The maximum absolute atomic E-state index is 13.4. The molecule has 0 amide bonds. The van der Waals surface area contributed by atoms with Gasteiger partial charge in [0.2, 0.25) is 0 Å². The first-order valence-corrected chi connectivity index (χ1v) is 9.69. The van der Waals surface area contributed by atoms with Gasteiger partial charge in [-0.15, -0.1) is 12.4 Å². The van der Waals surface area contributed by atoms with Gasteiger partial charge < -0.3 is 14.6 Å². The largest absolute Gasteiger partial charge is 0.491 e. The summed E-state index contributed by atoms with van der Waals surface area (Å²) in [7, 11) is 0. The highest BCUT2D eigenvalue weighted by molar-refractivity contribution is 5.85. The molecule has 0 bridgehead atoms. The van der Waals surface area contributed by atoms with E-state index in [1.807, 2.05) is 12.1 Å². The number of aliphatic hydroxyl groups is 1. The number of ether oxygens (including phenoxy) is 2. The molecule has 2 unspecified atom stereocenters. The summed E-state index contributed by atoms with van der Waals surface area (Å²) in [6.07, 6.45) is 2.74. The first kappa shape index (κ1) is 21.1. The molecule has 2 aromatic carbocycles. The molecule has 0 saturated carbocycles. The van der Waals surface area contributed by atoms with Crippen molar-refractivity contribution in [2.24, 2.45) is 0 Å². The van der Waals surface area contributed by atoms with Crippen LogP contribution in [0.2, 0.25) is 0 Å². The average molecular weight is 408 g/mol. The van der Waals surface area contributed by atoms with E-state index in [0.29, 0.717) is 19.7 Å². The summed E-state index contributed by atoms with van der Waals surface area (Å²) >= 11 is 0. The minimum Gasteiger partial charge on any atom is -0.491 e. The Balaban J connectivity index is 0.00000225. The van der Waals surface area contributed by atoms with E-state index in [0.717, 1.165) is 30.7 Å². The van der Waals surface area contributed by atoms with E-state index in [9.17, 15) is 9.50 Å². The molecular formula is C22H27ClFNO3. The second-order valence-corrected chi connectivity index (χ2v) is 7.42. The summed E-state index contributed by atoms with van der Waals surface area (Å²) in [5, 5.41) is 10.4. The summed E-state index contributed by atoms with van der Waals surface area (Å²) in [6.45, 7) is 2.74. The van der Waals surface area contributed by atoms with Crippen LogP contribution in [0.4, 0.5) is 4.39 Å². The number of fused-ring (bicyclic) bond motifs is 1. The van der Waals surface area contributed by atoms with Crippen molar-refractivity contribution in [3.05, 3.63) is 65.0 Å². The van der Waals surface area contributed by atoms with Crippen molar-refractivity contribution >= 4 is 12.4 Å². The van der Waals surface area contributed by atoms with Gasteiger partial charge in [0.15, 0.2) is 0 Å². The third kappa shape index (κ3) is 5.23. The van der Waals surface area contributed by atoms with Crippen LogP contribution >= 0.6 is 12.4 Å². The lowest BCUT2D eigenvalue weighted by atomic mass is 10.1. The molecule has 2 aromatic rings. The molecule has 1 heterocycles. The Kier molecular flexibility index (Phi) is 7.30. The third-order valence-electron chi connectivity index (χ3n) is 5.35. The molecule has 2 atom stereocenters. The Hall–Kier alpha value is -1.66. The Morgan fingerprint density at radius 3 is 2.89 bits per heavy atom. The molecular weight excluding hydrogens is 381 g/mol. The van der Waals surface area contributed by atoms with Crippen LogP contribution in [0.5, 0.6) is 5.75 Å². The fraction of sp³-hybridized carbons (Fsp3) is 0.455. The standard InChI is InChI=1S/C22H26FNO3.ClH/c23-19-6-2-5-18(11-19)22-14-24(9-10-26-22)13-20(25)15-27-21-8-7-16-3-1-4-17(16)12-21;/h2,5-8,11-12,20,22,25H,1,3-4,9-10,13-15H2;1H. The zero-order chi connectivity index (χ0) is 18.6. The molecule has 4 nitrogen and oxygen atoms in total. The average Bonchev–Trinajstić information content (AvgIpc) is 3.14. The molecule has 0 aromatic heterocycles. The van der Waals surface area contributed by atoms with Gasteiger partial charge >= 0.3 is 0 Å². The van der Waals surface area contributed by atoms with Gasteiger partial charge in [0.25, 0.3) is 0 Å². The van der Waals surface area contributed by atoms with Crippen molar-refractivity contribution in [2.75, 3.05) is 32.8 Å². The molecule has 28 heavy (non-hydrogen) atoms. The molecule has 6 heteroatoms. The zero-order valence-electron chi connectivity index (χ0n) is 15.9. The smallest absolute Gasteiger partial charge is 0.123 e. The lowest BCUT2D eigenvalue weighted by molar-refractivity contribution is -0.0460. The van der Waals surface area contributed by atoms with Gasteiger partial charge in [-0.05, 0) is 60.2 Å². The summed E-state index contributed by atoms with van der Waals surface area (Å²) in [5.74, 6) is 0.574. The van der Waals surface area contributed by atoms with E-state index in [1.54, 1.807) is 6.07 Å². The van der Waals surface area contributed by atoms with E-state index in [-0.39, 0.29) is 30.9 Å². The summed E-state index contributed by atoms with van der Waals surface area (Å²) in [6, 6.07) is 12.8. The van der Waals surface area contributed by atoms with E-state index in [1.165, 1.54) is 29.7 Å². The van der Waals surface area contributed by atoms with Crippen molar-refractivity contribution in [3.8, 4) is 5.75 Å². The highest BCUT2D eigenvalue weighted by Crippen LogP contribution is 2.26. The topological polar surface area (TPSA) is 41.9 Å². The summed E-state index contributed by atoms with van der Waals surface area (Å²) < 4.78 is 25.0. The number of hydrogen-bond donors (Lipinski definition) is 1. The second-order valence-electron chi connectivity index (χ2n) is 7.42. The van der Waals surface area contributed by atoms with Gasteiger partial charge in [0.05, 0.1) is 12.7 Å². The number of aliphatic hydroxyl groups excluding tert-OH is 1. The van der Waals surface area contributed by atoms with Crippen LogP contribution in [0.1, 0.15) is 29.2 Å². The molecule has 1 aliphatic carbocycles.